The van der Waals surface area contributed by atoms with Crippen LogP contribution in [0.5, 0.6) is 0 Å². The Labute approximate surface area is 120 Å². The normalized spacial score (nSPS) is 15.1. The van der Waals surface area contributed by atoms with Gasteiger partial charge in [0.1, 0.15) is 0 Å². The number of methoxy groups -OCH3 is 1. The van der Waals surface area contributed by atoms with Gasteiger partial charge in [0.2, 0.25) is 0 Å². The lowest BCUT2D eigenvalue weighted by atomic mass is 10.2. The van der Waals surface area contributed by atoms with Gasteiger partial charge < -0.3 is 4.74 Å². The molecule has 2 aromatic heterocycles. The van der Waals surface area contributed by atoms with E-state index in [2.05, 4.69) is 15.2 Å². The Balaban J connectivity index is 2.04. The molecule has 19 heavy (non-hydrogen) atoms. The van der Waals surface area contributed by atoms with Crippen LogP contribution in [0.25, 0.3) is 10.7 Å². The molecule has 0 spiro atoms. The molecule has 1 saturated carbocycles. The monoisotopic (exact) mass is 296 g/mol. The fraction of sp³-hybridized carbons (Fsp3) is 0.583. The largest absolute Gasteiger partial charge is 0.383 e. The summed E-state index contributed by atoms with van der Waals surface area (Å²) < 4.78 is 7.77. The highest BCUT2D eigenvalue weighted by Gasteiger charge is 2.31. The number of aryl methyl sites for hydroxylation is 1. The maximum Gasteiger partial charge on any atom is 0.195 e. The maximum atomic E-state index is 5.29. The summed E-state index contributed by atoms with van der Waals surface area (Å²) in [5.74, 6) is 1.51. The highest BCUT2D eigenvalue weighted by Crippen LogP contribution is 2.45. The van der Waals surface area contributed by atoms with E-state index in [1.165, 1.54) is 18.5 Å². The fourth-order valence-electron chi connectivity index (χ4n) is 2.12. The number of aromatic nitrogens is 4. The van der Waals surface area contributed by atoms with E-state index in [0.717, 1.165) is 15.7 Å². The minimum Gasteiger partial charge on any atom is -0.383 e. The first-order chi connectivity index (χ1) is 9.20. The van der Waals surface area contributed by atoms with Crippen LogP contribution in [-0.4, -0.2) is 33.5 Å². The lowest BCUT2D eigenvalue weighted by molar-refractivity contribution is 0.187. The van der Waals surface area contributed by atoms with Crippen LogP contribution in [0.3, 0.4) is 0 Å². The lowest BCUT2D eigenvalue weighted by Crippen LogP contribution is -2.06. The molecule has 1 fully saturated rings. The molecule has 102 valence electrons. The average molecular weight is 296 g/mol. The maximum absolute atomic E-state index is 5.29. The zero-order valence-corrected chi connectivity index (χ0v) is 12.6. The minimum absolute atomic E-state index is 0.612. The van der Waals surface area contributed by atoms with E-state index in [1.807, 2.05) is 11.5 Å². The number of ether oxygens (including phenoxy) is 1. The summed E-state index contributed by atoms with van der Waals surface area (Å²) in [5.41, 5.74) is 1.19. The molecule has 0 saturated heterocycles. The summed E-state index contributed by atoms with van der Waals surface area (Å²) in [7, 11) is 1.69. The second kappa shape index (κ2) is 5.15. The number of thiazole rings is 1. The molecule has 7 heteroatoms. The molecule has 0 atom stereocenters. The van der Waals surface area contributed by atoms with Crippen molar-refractivity contribution < 1.29 is 4.74 Å². The van der Waals surface area contributed by atoms with Crippen molar-refractivity contribution in [3.63, 3.8) is 0 Å². The van der Waals surface area contributed by atoms with Gasteiger partial charge in [0.25, 0.3) is 0 Å². The first kappa shape index (κ1) is 13.0. The number of aromatic amines is 1. The second-order valence-corrected chi connectivity index (χ2v) is 6.31. The van der Waals surface area contributed by atoms with E-state index in [1.54, 1.807) is 18.4 Å². The van der Waals surface area contributed by atoms with Gasteiger partial charge in [-0.05, 0) is 32.0 Å². The van der Waals surface area contributed by atoms with Crippen molar-refractivity contribution in [3.8, 4) is 10.7 Å². The van der Waals surface area contributed by atoms with Crippen LogP contribution in [-0.2, 0) is 11.3 Å². The van der Waals surface area contributed by atoms with Crippen LogP contribution in [0.4, 0.5) is 0 Å². The summed E-state index contributed by atoms with van der Waals surface area (Å²) in [4.78, 5) is 5.82. The van der Waals surface area contributed by atoms with E-state index >= 15 is 0 Å². The van der Waals surface area contributed by atoms with Gasteiger partial charge in [0.15, 0.2) is 10.6 Å². The molecule has 1 N–H and O–H groups in total. The minimum atomic E-state index is 0.612. The zero-order valence-electron chi connectivity index (χ0n) is 11.0. The van der Waals surface area contributed by atoms with Gasteiger partial charge in [-0.25, -0.2) is 4.98 Å². The Hall–Kier alpha value is -1.05. The van der Waals surface area contributed by atoms with E-state index in [4.69, 9.17) is 17.0 Å². The van der Waals surface area contributed by atoms with Crippen LogP contribution in [0, 0.1) is 11.7 Å². The number of H-pyrrole nitrogens is 1. The molecule has 1 aliphatic carbocycles. The van der Waals surface area contributed by atoms with Gasteiger partial charge in [0.05, 0.1) is 28.7 Å². The first-order valence-electron chi connectivity index (χ1n) is 6.32. The molecule has 0 amide bonds. The van der Waals surface area contributed by atoms with Gasteiger partial charge in [-0.1, -0.05) is 0 Å². The van der Waals surface area contributed by atoms with Gasteiger partial charge in [-0.15, -0.1) is 11.3 Å². The summed E-state index contributed by atoms with van der Waals surface area (Å²) in [5, 5.41) is 8.35. The molecule has 1 aliphatic rings. The zero-order chi connectivity index (χ0) is 13.4. The van der Waals surface area contributed by atoms with E-state index in [-0.39, 0.29) is 0 Å². The van der Waals surface area contributed by atoms with Crippen molar-refractivity contribution in [3.05, 3.63) is 15.5 Å². The Bertz CT molecular complexity index is 638. The van der Waals surface area contributed by atoms with Crippen LogP contribution in [0.15, 0.2) is 0 Å². The SMILES string of the molecule is COCCn1c(-c2sc(C)nc2C2CC2)n[nH]c1=S. The Morgan fingerprint density at radius 3 is 3.00 bits per heavy atom. The third-order valence-electron chi connectivity index (χ3n) is 3.20. The van der Waals surface area contributed by atoms with Gasteiger partial charge >= 0.3 is 0 Å². The molecule has 0 unspecified atom stereocenters. The smallest absolute Gasteiger partial charge is 0.195 e. The van der Waals surface area contributed by atoms with Crippen LogP contribution < -0.4 is 0 Å². The summed E-state index contributed by atoms with van der Waals surface area (Å²) in [6, 6.07) is 0. The van der Waals surface area contributed by atoms with Crippen LogP contribution >= 0.6 is 23.6 Å². The molecular weight excluding hydrogens is 280 g/mol. The molecule has 3 rings (SSSR count). The highest BCUT2D eigenvalue weighted by atomic mass is 32.1. The van der Waals surface area contributed by atoms with E-state index in [9.17, 15) is 0 Å². The lowest BCUT2D eigenvalue weighted by Gasteiger charge is -2.05. The molecule has 5 nitrogen and oxygen atoms in total. The standard InChI is InChI=1S/C12H16N4OS2/c1-7-13-9(8-3-4-8)10(19-7)11-14-15-12(18)16(11)5-6-17-2/h8H,3-6H2,1-2H3,(H,15,18). The summed E-state index contributed by atoms with van der Waals surface area (Å²) in [6.07, 6.45) is 2.47. The topological polar surface area (TPSA) is 55.7 Å². The Kier molecular flexibility index (Phi) is 3.51. The van der Waals surface area contributed by atoms with Crippen LogP contribution in [0.1, 0.15) is 29.5 Å². The number of hydrogen-bond donors (Lipinski definition) is 1. The third kappa shape index (κ3) is 2.50. The van der Waals surface area contributed by atoms with Crippen molar-refractivity contribution >= 4 is 23.6 Å². The number of rotatable bonds is 5. The number of hydrogen-bond acceptors (Lipinski definition) is 5. The van der Waals surface area contributed by atoms with Crippen molar-refractivity contribution in [2.45, 2.75) is 32.2 Å². The van der Waals surface area contributed by atoms with Crippen molar-refractivity contribution in [2.24, 2.45) is 0 Å². The third-order valence-corrected chi connectivity index (χ3v) is 4.50. The van der Waals surface area contributed by atoms with Crippen molar-refractivity contribution in [2.75, 3.05) is 13.7 Å². The average Bonchev–Trinajstić information content (AvgIpc) is 3.07. The molecule has 0 radical (unpaired) electrons. The second-order valence-electron chi connectivity index (χ2n) is 4.72. The summed E-state index contributed by atoms with van der Waals surface area (Å²) in [6.45, 7) is 3.38. The van der Waals surface area contributed by atoms with E-state index < -0.39 is 0 Å². The molecule has 0 aromatic carbocycles. The number of nitrogens with zero attached hydrogens (tertiary/aromatic N) is 3. The fourth-order valence-corrected chi connectivity index (χ4v) is 3.34. The molecule has 0 bridgehead atoms. The Morgan fingerprint density at radius 2 is 2.32 bits per heavy atom. The predicted molar refractivity (Wildman–Crippen MR) is 77.1 cm³/mol. The molecule has 0 aliphatic heterocycles. The van der Waals surface area contributed by atoms with Crippen LogP contribution in [0.2, 0.25) is 0 Å². The van der Waals surface area contributed by atoms with Gasteiger partial charge in [-0.3, -0.25) is 9.67 Å². The Morgan fingerprint density at radius 1 is 1.53 bits per heavy atom. The molecular formula is C12H16N4OS2. The summed E-state index contributed by atoms with van der Waals surface area (Å²) >= 11 is 6.99. The first-order valence-corrected chi connectivity index (χ1v) is 7.55. The molecule has 2 heterocycles. The quantitative estimate of drug-likeness (QED) is 0.862. The molecule has 2 aromatic rings. The van der Waals surface area contributed by atoms with Crippen molar-refractivity contribution in [1.82, 2.24) is 19.7 Å². The van der Waals surface area contributed by atoms with E-state index in [0.29, 0.717) is 23.8 Å². The van der Waals surface area contributed by atoms with Crippen molar-refractivity contribution in [1.29, 1.82) is 0 Å². The highest BCUT2D eigenvalue weighted by molar-refractivity contribution is 7.71. The number of nitrogens with one attached hydrogen (secondary N) is 1. The predicted octanol–water partition coefficient (Wildman–Crippen LogP) is 2.90. The van der Waals surface area contributed by atoms with Gasteiger partial charge in [0, 0.05) is 13.0 Å². The van der Waals surface area contributed by atoms with Gasteiger partial charge in [-0.2, -0.15) is 5.10 Å².